The summed E-state index contributed by atoms with van der Waals surface area (Å²) in [5.74, 6) is 0.321. The Hall–Kier alpha value is -1.10. The summed E-state index contributed by atoms with van der Waals surface area (Å²) in [4.78, 5) is 11.3. The predicted octanol–water partition coefficient (Wildman–Crippen LogP) is 1.87. The molecule has 1 amide bonds. The van der Waals surface area contributed by atoms with Gasteiger partial charge in [-0.25, -0.2) is 0 Å². The largest absolute Gasteiger partial charge is 0.381 e. The van der Waals surface area contributed by atoms with Crippen molar-refractivity contribution in [1.82, 2.24) is 0 Å². The summed E-state index contributed by atoms with van der Waals surface area (Å²) in [7, 11) is 0. The Morgan fingerprint density at radius 2 is 2.33 bits per heavy atom. The third-order valence-corrected chi connectivity index (χ3v) is 4.01. The lowest BCUT2D eigenvalue weighted by molar-refractivity contribution is -0.115. The zero-order valence-corrected chi connectivity index (χ0v) is 10.7. The fourth-order valence-electron chi connectivity index (χ4n) is 2.61. The Labute approximate surface area is 110 Å². The Bertz CT molecular complexity index is 498. The van der Waals surface area contributed by atoms with Gasteiger partial charge in [0, 0.05) is 29.3 Å². The summed E-state index contributed by atoms with van der Waals surface area (Å²) in [6.07, 6.45) is 1.37. The summed E-state index contributed by atoms with van der Waals surface area (Å²) in [5.41, 5.74) is 8.97. The smallest absolute Gasteiger partial charge is 0.228 e. The van der Waals surface area contributed by atoms with Crippen molar-refractivity contribution in [2.24, 2.45) is 11.7 Å². The first-order chi connectivity index (χ1) is 8.65. The zero-order valence-electron chi connectivity index (χ0n) is 9.91. The maximum absolute atomic E-state index is 11.3. The number of rotatable bonds is 2. The van der Waals surface area contributed by atoms with Crippen molar-refractivity contribution < 1.29 is 9.53 Å². The topological polar surface area (TPSA) is 64.3 Å². The first-order valence-corrected chi connectivity index (χ1v) is 6.48. The van der Waals surface area contributed by atoms with Gasteiger partial charge in [-0.2, -0.15) is 0 Å². The molecule has 0 aliphatic carbocycles. The first-order valence-electron chi connectivity index (χ1n) is 6.10. The Morgan fingerprint density at radius 1 is 1.50 bits per heavy atom. The molecule has 3 rings (SSSR count). The van der Waals surface area contributed by atoms with Crippen LogP contribution in [-0.4, -0.2) is 19.1 Å². The SMILES string of the molecule is NC(c1cc2c(cc1Cl)NC(=O)C2)C1CCOC1. The highest BCUT2D eigenvalue weighted by Crippen LogP contribution is 2.36. The molecule has 2 aliphatic heterocycles. The number of anilines is 1. The Kier molecular flexibility index (Phi) is 3.01. The molecule has 2 atom stereocenters. The van der Waals surface area contributed by atoms with Gasteiger partial charge in [0.05, 0.1) is 13.0 Å². The number of carbonyl (C=O) groups excluding carboxylic acids is 1. The summed E-state index contributed by atoms with van der Waals surface area (Å²) in [5, 5.41) is 3.41. The fraction of sp³-hybridized carbons (Fsp3) is 0.462. The monoisotopic (exact) mass is 266 g/mol. The molecule has 18 heavy (non-hydrogen) atoms. The number of hydrogen-bond donors (Lipinski definition) is 2. The van der Waals surface area contributed by atoms with Crippen molar-refractivity contribution in [2.45, 2.75) is 18.9 Å². The van der Waals surface area contributed by atoms with Gasteiger partial charge in [0.25, 0.3) is 0 Å². The zero-order chi connectivity index (χ0) is 12.7. The molecule has 0 saturated carbocycles. The Morgan fingerprint density at radius 3 is 3.06 bits per heavy atom. The van der Waals surface area contributed by atoms with Gasteiger partial charge in [-0.05, 0) is 23.6 Å². The van der Waals surface area contributed by atoms with Gasteiger partial charge in [-0.1, -0.05) is 17.7 Å². The number of fused-ring (bicyclic) bond motifs is 1. The van der Waals surface area contributed by atoms with E-state index in [0.29, 0.717) is 24.0 Å². The number of nitrogens with two attached hydrogens (primary N) is 1. The molecular weight excluding hydrogens is 252 g/mol. The third kappa shape index (κ3) is 2.00. The third-order valence-electron chi connectivity index (χ3n) is 3.68. The standard InChI is InChI=1S/C13H15ClN2O2/c14-10-5-11-8(4-12(17)16-11)3-9(10)13(15)7-1-2-18-6-7/h3,5,7,13H,1-2,4,6,15H2,(H,16,17). The second-order valence-electron chi connectivity index (χ2n) is 4.91. The van der Waals surface area contributed by atoms with Crippen molar-refractivity contribution >= 4 is 23.2 Å². The minimum absolute atomic E-state index is 0.0102. The Balaban J connectivity index is 1.92. The number of ether oxygens (including phenoxy) is 1. The number of carbonyl (C=O) groups is 1. The van der Waals surface area contributed by atoms with Crippen LogP contribution >= 0.6 is 11.6 Å². The van der Waals surface area contributed by atoms with E-state index in [-0.39, 0.29) is 11.9 Å². The van der Waals surface area contributed by atoms with Crippen molar-refractivity contribution in [3.8, 4) is 0 Å². The molecule has 0 aromatic heterocycles. The van der Waals surface area contributed by atoms with Crippen molar-refractivity contribution in [2.75, 3.05) is 18.5 Å². The van der Waals surface area contributed by atoms with E-state index in [1.54, 1.807) is 6.07 Å². The molecule has 1 fully saturated rings. The van der Waals surface area contributed by atoms with Gasteiger partial charge in [0.1, 0.15) is 0 Å². The fourth-order valence-corrected chi connectivity index (χ4v) is 2.90. The molecular formula is C13H15ClN2O2. The van der Waals surface area contributed by atoms with Crippen molar-refractivity contribution in [3.63, 3.8) is 0 Å². The molecule has 3 N–H and O–H groups in total. The lowest BCUT2D eigenvalue weighted by Gasteiger charge is -2.20. The molecule has 0 bridgehead atoms. The van der Waals surface area contributed by atoms with Gasteiger partial charge >= 0.3 is 0 Å². The highest BCUT2D eigenvalue weighted by molar-refractivity contribution is 6.32. The molecule has 5 heteroatoms. The highest BCUT2D eigenvalue weighted by Gasteiger charge is 2.28. The quantitative estimate of drug-likeness (QED) is 0.859. The van der Waals surface area contributed by atoms with Crippen LogP contribution in [0.25, 0.3) is 0 Å². The number of halogens is 1. The molecule has 1 aromatic carbocycles. The van der Waals surface area contributed by atoms with Gasteiger partial charge in [-0.3, -0.25) is 4.79 Å². The number of amides is 1. The van der Waals surface area contributed by atoms with E-state index in [0.717, 1.165) is 29.8 Å². The molecule has 1 saturated heterocycles. The summed E-state index contributed by atoms with van der Waals surface area (Å²) in [6, 6.07) is 3.63. The van der Waals surface area contributed by atoms with E-state index < -0.39 is 0 Å². The van der Waals surface area contributed by atoms with Crippen LogP contribution in [0.3, 0.4) is 0 Å². The van der Waals surface area contributed by atoms with E-state index in [1.165, 1.54) is 0 Å². The summed E-state index contributed by atoms with van der Waals surface area (Å²) < 4.78 is 5.36. The van der Waals surface area contributed by atoms with E-state index >= 15 is 0 Å². The predicted molar refractivity (Wildman–Crippen MR) is 69.6 cm³/mol. The van der Waals surface area contributed by atoms with Crippen LogP contribution in [0.2, 0.25) is 5.02 Å². The highest BCUT2D eigenvalue weighted by atomic mass is 35.5. The van der Waals surface area contributed by atoms with Crippen LogP contribution in [0.5, 0.6) is 0 Å². The molecule has 0 spiro atoms. The molecule has 2 aliphatic rings. The average Bonchev–Trinajstić information content (AvgIpc) is 2.94. The maximum Gasteiger partial charge on any atom is 0.228 e. The van der Waals surface area contributed by atoms with Gasteiger partial charge < -0.3 is 15.8 Å². The van der Waals surface area contributed by atoms with Crippen LogP contribution in [0.15, 0.2) is 12.1 Å². The van der Waals surface area contributed by atoms with Crippen molar-refractivity contribution in [3.05, 3.63) is 28.3 Å². The van der Waals surface area contributed by atoms with Crippen LogP contribution in [-0.2, 0) is 16.0 Å². The molecule has 96 valence electrons. The minimum Gasteiger partial charge on any atom is -0.381 e. The molecule has 1 aromatic rings. The van der Waals surface area contributed by atoms with Gasteiger partial charge in [0.2, 0.25) is 5.91 Å². The molecule has 4 nitrogen and oxygen atoms in total. The number of nitrogens with one attached hydrogen (secondary N) is 1. The second-order valence-corrected chi connectivity index (χ2v) is 5.31. The first kappa shape index (κ1) is 12.0. The van der Waals surface area contributed by atoms with Crippen LogP contribution < -0.4 is 11.1 Å². The van der Waals surface area contributed by atoms with Crippen molar-refractivity contribution in [1.29, 1.82) is 0 Å². The molecule has 0 radical (unpaired) electrons. The minimum atomic E-state index is -0.124. The summed E-state index contributed by atoms with van der Waals surface area (Å²) >= 11 is 6.26. The van der Waals surface area contributed by atoms with Gasteiger partial charge in [0.15, 0.2) is 0 Å². The second kappa shape index (κ2) is 4.53. The van der Waals surface area contributed by atoms with E-state index in [2.05, 4.69) is 5.32 Å². The normalized spacial score (nSPS) is 23.9. The number of hydrogen-bond acceptors (Lipinski definition) is 3. The lowest BCUT2D eigenvalue weighted by atomic mass is 9.91. The lowest BCUT2D eigenvalue weighted by Crippen LogP contribution is -2.22. The van der Waals surface area contributed by atoms with Crippen LogP contribution in [0, 0.1) is 5.92 Å². The van der Waals surface area contributed by atoms with E-state index in [4.69, 9.17) is 22.1 Å². The molecule has 2 heterocycles. The van der Waals surface area contributed by atoms with Crippen LogP contribution in [0.1, 0.15) is 23.6 Å². The van der Waals surface area contributed by atoms with Crippen LogP contribution in [0.4, 0.5) is 5.69 Å². The average molecular weight is 267 g/mol. The molecule has 2 unspecified atom stereocenters. The maximum atomic E-state index is 11.3. The van der Waals surface area contributed by atoms with E-state index in [9.17, 15) is 4.79 Å². The van der Waals surface area contributed by atoms with E-state index in [1.807, 2.05) is 6.07 Å². The summed E-state index contributed by atoms with van der Waals surface area (Å²) in [6.45, 7) is 1.45. The van der Waals surface area contributed by atoms with Gasteiger partial charge in [-0.15, -0.1) is 0 Å². The number of benzene rings is 1.